The molecule has 5 nitrogen and oxygen atoms in total. The van der Waals surface area contributed by atoms with E-state index in [2.05, 4.69) is 13.8 Å². The van der Waals surface area contributed by atoms with Gasteiger partial charge in [0, 0.05) is 11.8 Å². The summed E-state index contributed by atoms with van der Waals surface area (Å²) in [6.45, 7) is 5.61. The van der Waals surface area contributed by atoms with Crippen molar-refractivity contribution in [3.63, 3.8) is 0 Å². The zero-order valence-electron chi connectivity index (χ0n) is 14.4. The molecule has 1 aliphatic rings. The molecule has 1 saturated heterocycles. The predicted molar refractivity (Wildman–Crippen MR) is 87.2 cm³/mol. The lowest BCUT2D eigenvalue weighted by atomic mass is 9.95. The average molecular weight is 322 g/mol. The molecule has 0 bridgehead atoms. The summed E-state index contributed by atoms with van der Waals surface area (Å²) in [6, 6.07) is 5.25. The van der Waals surface area contributed by atoms with Gasteiger partial charge < -0.3 is 18.9 Å². The summed E-state index contributed by atoms with van der Waals surface area (Å²) < 4.78 is 21.8. The molecule has 1 heterocycles. The highest BCUT2D eigenvalue weighted by atomic mass is 16.7. The van der Waals surface area contributed by atoms with Gasteiger partial charge in [-0.25, -0.2) is 0 Å². The maximum Gasteiger partial charge on any atom is 0.166 e. The van der Waals surface area contributed by atoms with Gasteiger partial charge in [0.15, 0.2) is 12.1 Å². The molecule has 2 rings (SSSR count). The maximum absolute atomic E-state index is 12.4. The molecule has 1 fully saturated rings. The fraction of sp³-hybridized carbons (Fsp3) is 0.611. The first kappa shape index (κ1) is 17.8. The normalized spacial score (nSPS) is 17.7. The van der Waals surface area contributed by atoms with Gasteiger partial charge in [0.1, 0.15) is 11.5 Å². The van der Waals surface area contributed by atoms with Gasteiger partial charge >= 0.3 is 0 Å². The molecule has 23 heavy (non-hydrogen) atoms. The predicted octanol–water partition coefficient (Wildman–Crippen LogP) is 3.46. The number of Topliss-reactive ketones (excluding diaryl/α,β-unsaturated/α-hetero) is 1. The summed E-state index contributed by atoms with van der Waals surface area (Å²) in [6.07, 6.45) is 1.65. The Morgan fingerprint density at radius 1 is 1.22 bits per heavy atom. The van der Waals surface area contributed by atoms with Gasteiger partial charge in [0.05, 0.1) is 33.0 Å². The first-order valence-electron chi connectivity index (χ1n) is 7.93. The molecule has 5 heteroatoms. The van der Waals surface area contributed by atoms with E-state index < -0.39 is 0 Å². The van der Waals surface area contributed by atoms with E-state index in [1.165, 1.54) is 0 Å². The zero-order valence-corrected chi connectivity index (χ0v) is 14.4. The van der Waals surface area contributed by atoms with Crippen LogP contribution in [0.25, 0.3) is 0 Å². The lowest BCUT2D eigenvalue weighted by molar-refractivity contribution is -0.223. The van der Waals surface area contributed by atoms with Crippen LogP contribution in [0.3, 0.4) is 0 Å². The van der Waals surface area contributed by atoms with Gasteiger partial charge in [-0.05, 0) is 31.0 Å². The number of ketones is 1. The molecular formula is C18H26O5. The number of carbonyl (C=O) groups excluding carboxylic acids is 1. The van der Waals surface area contributed by atoms with Crippen LogP contribution in [0.1, 0.15) is 43.5 Å². The molecule has 0 atom stereocenters. The van der Waals surface area contributed by atoms with Gasteiger partial charge in [0.2, 0.25) is 0 Å². The SMILES string of the molecule is COc1ccc(OC)c(C(=O)CCCC2OCC(C)(C)CO2)c1. The lowest BCUT2D eigenvalue weighted by Crippen LogP contribution is -2.37. The average Bonchev–Trinajstić information content (AvgIpc) is 2.55. The third-order valence-electron chi connectivity index (χ3n) is 3.87. The van der Waals surface area contributed by atoms with Crippen molar-refractivity contribution in [2.45, 2.75) is 39.4 Å². The largest absolute Gasteiger partial charge is 0.497 e. The molecule has 0 saturated carbocycles. The Morgan fingerprint density at radius 2 is 1.91 bits per heavy atom. The van der Waals surface area contributed by atoms with Crippen LogP contribution in [0.5, 0.6) is 11.5 Å². The van der Waals surface area contributed by atoms with Crippen LogP contribution in [0, 0.1) is 5.41 Å². The summed E-state index contributed by atoms with van der Waals surface area (Å²) in [5.74, 6) is 1.26. The van der Waals surface area contributed by atoms with Crippen molar-refractivity contribution in [1.29, 1.82) is 0 Å². The summed E-state index contributed by atoms with van der Waals surface area (Å²) in [5, 5.41) is 0. The van der Waals surface area contributed by atoms with Crippen molar-refractivity contribution in [2.75, 3.05) is 27.4 Å². The molecule has 0 aliphatic carbocycles. The second kappa shape index (κ2) is 7.79. The van der Waals surface area contributed by atoms with E-state index in [0.29, 0.717) is 49.5 Å². The summed E-state index contributed by atoms with van der Waals surface area (Å²) in [7, 11) is 3.14. The Kier molecular flexibility index (Phi) is 6.02. The van der Waals surface area contributed by atoms with Crippen molar-refractivity contribution in [3.05, 3.63) is 23.8 Å². The fourth-order valence-corrected chi connectivity index (χ4v) is 2.49. The van der Waals surface area contributed by atoms with Crippen LogP contribution < -0.4 is 9.47 Å². The van der Waals surface area contributed by atoms with Crippen molar-refractivity contribution >= 4 is 5.78 Å². The van der Waals surface area contributed by atoms with Crippen LogP contribution in [0.15, 0.2) is 18.2 Å². The van der Waals surface area contributed by atoms with E-state index in [4.69, 9.17) is 18.9 Å². The molecule has 0 spiro atoms. The number of ether oxygens (including phenoxy) is 4. The Balaban J connectivity index is 1.85. The Bertz CT molecular complexity index is 528. The highest BCUT2D eigenvalue weighted by Crippen LogP contribution is 2.27. The van der Waals surface area contributed by atoms with E-state index in [0.717, 1.165) is 0 Å². The minimum Gasteiger partial charge on any atom is -0.497 e. The third kappa shape index (κ3) is 4.94. The Labute approximate surface area is 137 Å². The van der Waals surface area contributed by atoms with Crippen molar-refractivity contribution in [2.24, 2.45) is 5.41 Å². The fourth-order valence-electron chi connectivity index (χ4n) is 2.49. The number of rotatable bonds is 7. The van der Waals surface area contributed by atoms with E-state index in [1.54, 1.807) is 32.4 Å². The lowest BCUT2D eigenvalue weighted by Gasteiger charge is -2.34. The van der Waals surface area contributed by atoms with Crippen LogP contribution in [-0.4, -0.2) is 39.5 Å². The van der Waals surface area contributed by atoms with Crippen molar-refractivity contribution in [1.82, 2.24) is 0 Å². The van der Waals surface area contributed by atoms with Crippen LogP contribution >= 0.6 is 0 Å². The molecule has 0 radical (unpaired) electrons. The first-order chi connectivity index (χ1) is 10.9. The molecule has 1 aromatic rings. The van der Waals surface area contributed by atoms with Gasteiger partial charge in [-0.15, -0.1) is 0 Å². The number of hydrogen-bond acceptors (Lipinski definition) is 5. The minimum atomic E-state index is -0.206. The van der Waals surface area contributed by atoms with Gasteiger partial charge in [0.25, 0.3) is 0 Å². The third-order valence-corrected chi connectivity index (χ3v) is 3.87. The van der Waals surface area contributed by atoms with E-state index >= 15 is 0 Å². The standard InChI is InChI=1S/C18H26O5/c1-18(2)11-22-17(23-12-18)7-5-6-15(19)14-10-13(20-3)8-9-16(14)21-4/h8-10,17H,5-7,11-12H2,1-4H3. The monoisotopic (exact) mass is 322 g/mol. The molecule has 0 amide bonds. The number of hydrogen-bond donors (Lipinski definition) is 0. The second-order valence-electron chi connectivity index (χ2n) is 6.60. The van der Waals surface area contributed by atoms with Gasteiger partial charge in [-0.2, -0.15) is 0 Å². The number of benzene rings is 1. The smallest absolute Gasteiger partial charge is 0.166 e. The zero-order chi connectivity index (χ0) is 16.9. The van der Waals surface area contributed by atoms with Crippen LogP contribution in [0.4, 0.5) is 0 Å². The Morgan fingerprint density at radius 3 is 2.52 bits per heavy atom. The molecular weight excluding hydrogens is 296 g/mol. The van der Waals surface area contributed by atoms with Crippen LogP contribution in [-0.2, 0) is 9.47 Å². The summed E-state index contributed by atoms with van der Waals surface area (Å²) >= 11 is 0. The molecule has 1 aliphatic heterocycles. The first-order valence-corrected chi connectivity index (χ1v) is 7.93. The molecule has 128 valence electrons. The van der Waals surface area contributed by atoms with Crippen LogP contribution in [0.2, 0.25) is 0 Å². The molecule has 0 unspecified atom stereocenters. The van der Waals surface area contributed by atoms with E-state index in [-0.39, 0.29) is 17.5 Å². The van der Waals surface area contributed by atoms with E-state index in [9.17, 15) is 4.79 Å². The Hall–Kier alpha value is -1.59. The number of carbonyl (C=O) groups is 1. The van der Waals surface area contributed by atoms with Crippen molar-refractivity contribution < 1.29 is 23.7 Å². The minimum absolute atomic E-state index is 0.0388. The van der Waals surface area contributed by atoms with E-state index in [1.807, 2.05) is 0 Å². The maximum atomic E-state index is 12.4. The highest BCUT2D eigenvalue weighted by Gasteiger charge is 2.28. The summed E-state index contributed by atoms with van der Waals surface area (Å²) in [4.78, 5) is 12.4. The second-order valence-corrected chi connectivity index (χ2v) is 6.60. The highest BCUT2D eigenvalue weighted by molar-refractivity contribution is 5.99. The molecule has 1 aromatic carbocycles. The van der Waals surface area contributed by atoms with Gasteiger partial charge in [-0.1, -0.05) is 13.8 Å². The topological polar surface area (TPSA) is 54.0 Å². The summed E-state index contributed by atoms with van der Waals surface area (Å²) in [5.41, 5.74) is 0.624. The van der Waals surface area contributed by atoms with Gasteiger partial charge in [-0.3, -0.25) is 4.79 Å². The van der Waals surface area contributed by atoms with Crippen molar-refractivity contribution in [3.8, 4) is 11.5 Å². The molecule has 0 N–H and O–H groups in total. The number of methoxy groups -OCH3 is 2. The quantitative estimate of drug-likeness (QED) is 0.720. The molecule has 0 aromatic heterocycles.